The van der Waals surface area contributed by atoms with Crippen LogP contribution in [0.25, 0.3) is 10.4 Å². The number of thioether (sulfide) groups is 1. The fourth-order valence-corrected chi connectivity index (χ4v) is 4.49. The van der Waals surface area contributed by atoms with E-state index in [2.05, 4.69) is 4.98 Å². The van der Waals surface area contributed by atoms with Crippen molar-refractivity contribution in [3.8, 4) is 10.4 Å². The molecule has 3 rings (SSSR count). The van der Waals surface area contributed by atoms with Crippen molar-refractivity contribution < 1.29 is 18.4 Å². The fourth-order valence-electron chi connectivity index (χ4n) is 2.42. The molecule has 0 radical (unpaired) electrons. The fraction of sp³-hybridized carbons (Fsp3) is 0.267. The average molecular weight is 369 g/mol. The Labute approximate surface area is 144 Å². The second-order valence-corrected chi connectivity index (χ2v) is 7.44. The van der Waals surface area contributed by atoms with E-state index >= 15 is 0 Å². The number of aromatic nitrogens is 1. The third kappa shape index (κ3) is 3.01. The molecule has 9 heteroatoms. The van der Waals surface area contributed by atoms with Crippen molar-refractivity contribution in [3.63, 3.8) is 0 Å². The minimum atomic E-state index is -0.997. The summed E-state index contributed by atoms with van der Waals surface area (Å²) in [6.07, 6.45) is 0. The van der Waals surface area contributed by atoms with Gasteiger partial charge in [0.15, 0.2) is 11.6 Å². The molecule has 2 N–H and O–H groups in total. The van der Waals surface area contributed by atoms with Crippen molar-refractivity contribution in [1.29, 1.82) is 0 Å². The van der Waals surface area contributed by atoms with Gasteiger partial charge in [0.05, 0.1) is 15.8 Å². The van der Waals surface area contributed by atoms with Gasteiger partial charge in [-0.3, -0.25) is 9.59 Å². The number of amides is 2. The van der Waals surface area contributed by atoms with Gasteiger partial charge in [-0.05, 0) is 24.6 Å². The van der Waals surface area contributed by atoms with Gasteiger partial charge in [0.1, 0.15) is 11.7 Å². The van der Waals surface area contributed by atoms with Crippen LogP contribution in [0.3, 0.4) is 0 Å². The second kappa shape index (κ2) is 6.48. The van der Waals surface area contributed by atoms with E-state index in [0.29, 0.717) is 27.1 Å². The predicted molar refractivity (Wildman–Crippen MR) is 88.7 cm³/mol. The van der Waals surface area contributed by atoms with Crippen molar-refractivity contribution >= 4 is 34.9 Å². The number of hydrogen-bond donors (Lipinski definition) is 1. The lowest BCUT2D eigenvalue weighted by Crippen LogP contribution is -2.45. The van der Waals surface area contributed by atoms with E-state index in [1.807, 2.05) is 0 Å². The summed E-state index contributed by atoms with van der Waals surface area (Å²) in [5.41, 5.74) is 5.83. The maximum absolute atomic E-state index is 13.5. The number of benzene rings is 1. The Morgan fingerprint density at radius 2 is 2.08 bits per heavy atom. The van der Waals surface area contributed by atoms with Crippen molar-refractivity contribution in [2.24, 2.45) is 5.73 Å². The lowest BCUT2D eigenvalue weighted by atomic mass is 10.1. The smallest absolute Gasteiger partial charge is 0.275 e. The van der Waals surface area contributed by atoms with Gasteiger partial charge in [-0.2, -0.15) is 0 Å². The van der Waals surface area contributed by atoms with Crippen LogP contribution in [-0.4, -0.2) is 39.4 Å². The van der Waals surface area contributed by atoms with Crippen LogP contribution in [0.5, 0.6) is 0 Å². The lowest BCUT2D eigenvalue weighted by Gasteiger charge is -2.20. The Kier molecular flexibility index (Phi) is 4.55. The molecule has 1 aromatic heterocycles. The number of rotatable bonds is 3. The first kappa shape index (κ1) is 16.8. The van der Waals surface area contributed by atoms with Crippen molar-refractivity contribution in [2.75, 3.05) is 11.6 Å². The summed E-state index contributed by atoms with van der Waals surface area (Å²) in [6, 6.07) is 2.74. The third-order valence-electron chi connectivity index (χ3n) is 3.59. The van der Waals surface area contributed by atoms with Crippen molar-refractivity contribution in [3.05, 3.63) is 40.5 Å². The summed E-state index contributed by atoms with van der Waals surface area (Å²) in [7, 11) is 0. The van der Waals surface area contributed by atoms with Gasteiger partial charge in [0.25, 0.3) is 5.91 Å². The van der Waals surface area contributed by atoms with Crippen LogP contribution in [0.4, 0.5) is 8.78 Å². The van der Waals surface area contributed by atoms with Gasteiger partial charge in [-0.15, -0.1) is 23.1 Å². The molecule has 5 nitrogen and oxygen atoms in total. The number of primary amides is 1. The number of halogens is 2. The Morgan fingerprint density at radius 3 is 2.75 bits per heavy atom. The summed E-state index contributed by atoms with van der Waals surface area (Å²) < 4.78 is 26.7. The van der Waals surface area contributed by atoms with Gasteiger partial charge in [0, 0.05) is 5.75 Å². The molecule has 1 atom stereocenters. The molecule has 0 saturated carbocycles. The lowest BCUT2D eigenvalue weighted by molar-refractivity contribution is -0.121. The topological polar surface area (TPSA) is 76.3 Å². The zero-order valence-electron chi connectivity index (χ0n) is 12.6. The van der Waals surface area contributed by atoms with Crippen LogP contribution in [-0.2, 0) is 4.79 Å². The van der Waals surface area contributed by atoms with Crippen LogP contribution in [0.15, 0.2) is 18.2 Å². The summed E-state index contributed by atoms with van der Waals surface area (Å²) in [5, 5.41) is 0.612. The van der Waals surface area contributed by atoms with E-state index in [-0.39, 0.29) is 5.69 Å². The molecule has 2 aromatic rings. The number of aryl methyl sites for hydroxylation is 1. The summed E-state index contributed by atoms with van der Waals surface area (Å²) >= 11 is 2.63. The van der Waals surface area contributed by atoms with E-state index in [9.17, 15) is 18.4 Å². The van der Waals surface area contributed by atoms with E-state index in [0.717, 1.165) is 12.1 Å². The zero-order chi connectivity index (χ0) is 17.4. The van der Waals surface area contributed by atoms with Crippen LogP contribution in [0, 0.1) is 18.6 Å². The van der Waals surface area contributed by atoms with Crippen LogP contribution in [0.2, 0.25) is 0 Å². The molecule has 0 spiro atoms. The van der Waals surface area contributed by atoms with Gasteiger partial charge < -0.3 is 10.6 Å². The average Bonchev–Trinajstić information content (AvgIpc) is 3.16. The maximum Gasteiger partial charge on any atom is 0.275 e. The van der Waals surface area contributed by atoms with Crippen LogP contribution >= 0.6 is 23.1 Å². The standard InChI is InChI=1S/C15H13F2N3O2S2/c1-7-19-12(15(22)20-6-23-5-11(20)14(18)21)13(24-7)8-2-3-9(16)10(17)4-8/h2-4,11H,5-6H2,1H3,(H2,18,21)/t11-/m0/s1. The molecule has 2 heterocycles. The van der Waals surface area contributed by atoms with Gasteiger partial charge >= 0.3 is 0 Å². The number of carbonyl (C=O) groups is 2. The Morgan fingerprint density at radius 1 is 1.33 bits per heavy atom. The highest BCUT2D eigenvalue weighted by atomic mass is 32.2. The van der Waals surface area contributed by atoms with Gasteiger partial charge in [-0.25, -0.2) is 13.8 Å². The zero-order valence-corrected chi connectivity index (χ0v) is 14.2. The normalized spacial score (nSPS) is 17.3. The molecular weight excluding hydrogens is 356 g/mol. The third-order valence-corrected chi connectivity index (χ3v) is 5.62. The number of thiazole rings is 1. The van der Waals surface area contributed by atoms with Gasteiger partial charge in [0.2, 0.25) is 5.91 Å². The number of carbonyl (C=O) groups excluding carboxylic acids is 2. The first-order valence-electron chi connectivity index (χ1n) is 6.99. The van der Waals surface area contributed by atoms with Crippen molar-refractivity contribution in [2.45, 2.75) is 13.0 Å². The molecule has 0 unspecified atom stereocenters. The summed E-state index contributed by atoms with van der Waals surface area (Å²) in [6.45, 7) is 1.72. The molecule has 1 saturated heterocycles. The minimum absolute atomic E-state index is 0.122. The van der Waals surface area contributed by atoms with Crippen LogP contribution in [0.1, 0.15) is 15.5 Å². The second-order valence-electron chi connectivity index (χ2n) is 5.23. The SMILES string of the molecule is Cc1nc(C(=O)N2CSC[C@H]2C(N)=O)c(-c2ccc(F)c(F)c2)s1. The highest BCUT2D eigenvalue weighted by Crippen LogP contribution is 2.33. The molecule has 0 aliphatic carbocycles. The Balaban J connectivity index is 2.01. The van der Waals surface area contributed by atoms with E-state index in [1.165, 1.54) is 34.1 Å². The molecule has 1 aliphatic heterocycles. The van der Waals surface area contributed by atoms with E-state index < -0.39 is 29.5 Å². The number of hydrogen-bond acceptors (Lipinski definition) is 5. The summed E-state index contributed by atoms with van der Waals surface area (Å²) in [4.78, 5) is 30.3. The largest absolute Gasteiger partial charge is 0.368 e. The number of nitrogens with two attached hydrogens (primary N) is 1. The molecular formula is C15H13F2N3O2S2. The summed E-state index contributed by atoms with van der Waals surface area (Å²) in [5.74, 6) is -2.20. The predicted octanol–water partition coefficient (Wildman–Crippen LogP) is 2.40. The van der Waals surface area contributed by atoms with Gasteiger partial charge in [-0.1, -0.05) is 6.07 Å². The molecule has 1 aliphatic rings. The monoisotopic (exact) mass is 369 g/mol. The first-order chi connectivity index (χ1) is 11.4. The van der Waals surface area contributed by atoms with Crippen molar-refractivity contribution in [1.82, 2.24) is 9.88 Å². The maximum atomic E-state index is 13.5. The molecule has 126 valence electrons. The highest BCUT2D eigenvalue weighted by Gasteiger charge is 2.36. The first-order valence-corrected chi connectivity index (χ1v) is 8.96. The number of nitrogens with zero attached hydrogens (tertiary/aromatic N) is 2. The van der Waals surface area contributed by atoms with Crippen LogP contribution < -0.4 is 5.73 Å². The quantitative estimate of drug-likeness (QED) is 0.901. The molecule has 24 heavy (non-hydrogen) atoms. The molecule has 1 aromatic carbocycles. The minimum Gasteiger partial charge on any atom is -0.368 e. The Bertz CT molecular complexity index is 825. The van der Waals surface area contributed by atoms with E-state index in [4.69, 9.17) is 5.73 Å². The van der Waals surface area contributed by atoms with E-state index in [1.54, 1.807) is 6.92 Å². The Hall–Kier alpha value is -2.00. The molecule has 0 bridgehead atoms. The highest BCUT2D eigenvalue weighted by molar-refractivity contribution is 7.99. The molecule has 1 fully saturated rings. The molecule has 2 amide bonds.